The van der Waals surface area contributed by atoms with E-state index in [1.54, 1.807) is 12.1 Å². The van der Waals surface area contributed by atoms with Gasteiger partial charge in [-0.05, 0) is 43.2 Å². The van der Waals surface area contributed by atoms with Gasteiger partial charge in [-0.25, -0.2) is 17.6 Å². The maximum Gasteiger partial charge on any atom is 0.338 e. The largest absolute Gasteiger partial charge is 0.497 e. The molecule has 0 spiro atoms. The topological polar surface area (TPSA) is 111 Å². The summed E-state index contributed by atoms with van der Waals surface area (Å²) in [4.78, 5) is 24.1. The van der Waals surface area contributed by atoms with Gasteiger partial charge in [-0.3, -0.25) is 4.79 Å². The van der Waals surface area contributed by atoms with Crippen molar-refractivity contribution < 1.29 is 36.6 Å². The van der Waals surface area contributed by atoms with E-state index >= 15 is 0 Å². The van der Waals surface area contributed by atoms with E-state index < -0.39 is 39.2 Å². The normalized spacial score (nSPS) is 14.4. The highest BCUT2D eigenvalue weighted by atomic mass is 32.2. The van der Waals surface area contributed by atoms with Crippen LogP contribution in [0.15, 0.2) is 41.3 Å². The van der Waals surface area contributed by atoms with Crippen molar-refractivity contribution in [2.24, 2.45) is 0 Å². The van der Waals surface area contributed by atoms with Crippen molar-refractivity contribution in [2.45, 2.75) is 24.2 Å². The van der Waals surface area contributed by atoms with Crippen LogP contribution in [-0.4, -0.2) is 58.5 Å². The second kappa shape index (κ2) is 10.6. The number of carbonyl (C=O) groups excluding carboxylic acids is 2. The number of esters is 1. The highest BCUT2D eigenvalue weighted by molar-refractivity contribution is 7.89. The lowest BCUT2D eigenvalue weighted by Crippen LogP contribution is -2.36. The molecule has 11 heteroatoms. The highest BCUT2D eigenvalue weighted by Gasteiger charge is 2.29. The third-order valence-corrected chi connectivity index (χ3v) is 7.03. The maximum atomic E-state index is 14.3. The number of methoxy groups -OCH3 is 2. The van der Waals surface area contributed by atoms with Crippen LogP contribution in [0.25, 0.3) is 0 Å². The van der Waals surface area contributed by atoms with Gasteiger partial charge in [-0.15, -0.1) is 0 Å². The van der Waals surface area contributed by atoms with Crippen molar-refractivity contribution in [3.8, 4) is 11.5 Å². The Hall–Kier alpha value is -3.18. The summed E-state index contributed by atoms with van der Waals surface area (Å²) in [6.07, 6.45) is 2.29. The Morgan fingerprint density at radius 3 is 2.42 bits per heavy atom. The average molecular weight is 481 g/mol. The number of ether oxygens (including phenoxy) is 3. The number of carbonyl (C=O) groups is 2. The number of nitrogens with zero attached hydrogens (tertiary/aromatic N) is 1. The van der Waals surface area contributed by atoms with Gasteiger partial charge >= 0.3 is 5.97 Å². The predicted octanol–water partition coefficient (Wildman–Crippen LogP) is 2.81. The van der Waals surface area contributed by atoms with E-state index in [2.05, 4.69) is 5.32 Å². The SMILES string of the molecule is COc1ccc(OC)c(NC(=O)COC(=O)c2ccc(F)c(S(=O)(=O)N3CCCCC3)c2)c1. The molecule has 1 aliphatic rings. The lowest BCUT2D eigenvalue weighted by molar-refractivity contribution is -0.119. The van der Waals surface area contributed by atoms with Crippen LogP contribution in [0, 0.1) is 5.82 Å². The number of sulfonamides is 1. The molecule has 1 fully saturated rings. The Morgan fingerprint density at radius 1 is 1.03 bits per heavy atom. The molecule has 0 aromatic heterocycles. The number of amides is 1. The molecule has 2 aromatic rings. The molecule has 1 amide bonds. The molecule has 0 radical (unpaired) electrons. The Balaban J connectivity index is 1.69. The first-order chi connectivity index (χ1) is 15.8. The first-order valence-electron chi connectivity index (χ1n) is 10.2. The Kier molecular flexibility index (Phi) is 7.88. The number of benzene rings is 2. The van der Waals surface area contributed by atoms with Crippen molar-refractivity contribution in [1.29, 1.82) is 0 Å². The van der Waals surface area contributed by atoms with Crippen LogP contribution in [0.4, 0.5) is 10.1 Å². The molecule has 1 aliphatic heterocycles. The Bertz CT molecular complexity index is 1130. The molecule has 33 heavy (non-hydrogen) atoms. The molecule has 1 N–H and O–H groups in total. The van der Waals surface area contributed by atoms with Crippen LogP contribution in [0.5, 0.6) is 11.5 Å². The highest BCUT2D eigenvalue weighted by Crippen LogP contribution is 2.29. The molecule has 0 atom stereocenters. The van der Waals surface area contributed by atoms with Crippen molar-refractivity contribution in [2.75, 3.05) is 39.2 Å². The summed E-state index contributed by atoms with van der Waals surface area (Å²) in [6.45, 7) is -0.0561. The Labute approximate surface area is 191 Å². The number of piperidine rings is 1. The summed E-state index contributed by atoms with van der Waals surface area (Å²) in [6, 6.07) is 7.73. The van der Waals surface area contributed by atoms with Crippen molar-refractivity contribution in [1.82, 2.24) is 4.31 Å². The molecule has 3 rings (SSSR count). The van der Waals surface area contributed by atoms with Crippen molar-refractivity contribution in [3.63, 3.8) is 0 Å². The van der Waals surface area contributed by atoms with Crippen LogP contribution in [0.3, 0.4) is 0 Å². The maximum absolute atomic E-state index is 14.3. The van der Waals surface area contributed by atoms with E-state index in [1.165, 1.54) is 24.6 Å². The molecule has 2 aromatic carbocycles. The lowest BCUT2D eigenvalue weighted by Gasteiger charge is -2.26. The van der Waals surface area contributed by atoms with Gasteiger partial charge < -0.3 is 19.5 Å². The van der Waals surface area contributed by atoms with E-state index in [0.29, 0.717) is 43.1 Å². The predicted molar refractivity (Wildman–Crippen MR) is 117 cm³/mol. The first kappa shape index (κ1) is 24.5. The number of halogens is 1. The van der Waals surface area contributed by atoms with Crippen LogP contribution in [0.1, 0.15) is 29.6 Å². The van der Waals surface area contributed by atoms with Gasteiger partial charge in [0, 0.05) is 19.2 Å². The molecule has 1 saturated heterocycles. The van der Waals surface area contributed by atoms with Crippen LogP contribution in [-0.2, 0) is 19.6 Å². The van der Waals surface area contributed by atoms with Crippen molar-refractivity contribution >= 4 is 27.6 Å². The second-order valence-electron chi connectivity index (χ2n) is 7.30. The quantitative estimate of drug-likeness (QED) is 0.579. The van der Waals surface area contributed by atoms with Crippen LogP contribution in [0.2, 0.25) is 0 Å². The molecule has 9 nitrogen and oxygen atoms in total. The van der Waals surface area contributed by atoms with Gasteiger partial charge in [0.2, 0.25) is 10.0 Å². The standard InChI is InChI=1S/C22H25FN2O7S/c1-30-16-7-9-19(31-2)18(13-16)24-21(26)14-32-22(27)15-6-8-17(23)20(12-15)33(28,29)25-10-4-3-5-11-25/h6-9,12-13H,3-5,10-11,14H2,1-2H3,(H,24,26). The van der Waals surface area contributed by atoms with Gasteiger partial charge in [0.15, 0.2) is 6.61 Å². The molecule has 178 valence electrons. The van der Waals surface area contributed by atoms with Crippen LogP contribution >= 0.6 is 0 Å². The van der Waals surface area contributed by atoms with Crippen molar-refractivity contribution in [3.05, 3.63) is 47.8 Å². The average Bonchev–Trinajstić information content (AvgIpc) is 2.83. The first-order valence-corrected chi connectivity index (χ1v) is 11.7. The third-order valence-electron chi connectivity index (χ3n) is 5.11. The summed E-state index contributed by atoms with van der Waals surface area (Å²) < 4.78 is 56.4. The third kappa shape index (κ3) is 5.79. The molecule has 0 aliphatic carbocycles. The summed E-state index contributed by atoms with van der Waals surface area (Å²) in [5.74, 6) is -1.71. The molecule has 0 unspecified atom stereocenters. The van der Waals surface area contributed by atoms with E-state index in [9.17, 15) is 22.4 Å². The number of rotatable bonds is 8. The van der Waals surface area contributed by atoms with Gasteiger partial charge in [0.1, 0.15) is 22.2 Å². The zero-order valence-corrected chi connectivity index (χ0v) is 19.1. The molecular weight excluding hydrogens is 455 g/mol. The number of anilines is 1. The van der Waals surface area contributed by atoms with E-state index in [0.717, 1.165) is 24.6 Å². The monoisotopic (exact) mass is 480 g/mol. The minimum Gasteiger partial charge on any atom is -0.497 e. The van der Waals surface area contributed by atoms with Crippen LogP contribution < -0.4 is 14.8 Å². The number of nitrogens with one attached hydrogen (secondary N) is 1. The fourth-order valence-electron chi connectivity index (χ4n) is 3.38. The fraction of sp³-hybridized carbons (Fsp3) is 0.364. The van der Waals surface area contributed by atoms with E-state index in [-0.39, 0.29) is 5.56 Å². The van der Waals surface area contributed by atoms with E-state index in [1.807, 2.05) is 0 Å². The summed E-state index contributed by atoms with van der Waals surface area (Å²) in [5.41, 5.74) is 0.133. The molecule has 0 bridgehead atoms. The van der Waals surface area contributed by atoms with E-state index in [4.69, 9.17) is 14.2 Å². The lowest BCUT2D eigenvalue weighted by atomic mass is 10.2. The van der Waals surface area contributed by atoms with Gasteiger partial charge in [-0.1, -0.05) is 6.42 Å². The summed E-state index contributed by atoms with van der Waals surface area (Å²) in [5, 5.41) is 2.55. The summed E-state index contributed by atoms with van der Waals surface area (Å²) in [7, 11) is -1.19. The van der Waals surface area contributed by atoms with Gasteiger partial charge in [-0.2, -0.15) is 4.31 Å². The number of hydrogen-bond acceptors (Lipinski definition) is 7. The van der Waals surface area contributed by atoms with Gasteiger partial charge in [0.25, 0.3) is 5.91 Å². The smallest absolute Gasteiger partial charge is 0.338 e. The fourth-order valence-corrected chi connectivity index (χ4v) is 4.99. The minimum absolute atomic E-state index is 0.182. The minimum atomic E-state index is -4.09. The zero-order valence-electron chi connectivity index (χ0n) is 18.3. The molecule has 1 heterocycles. The molecule has 0 saturated carbocycles. The van der Waals surface area contributed by atoms with Gasteiger partial charge in [0.05, 0.1) is 25.5 Å². The molecular formula is C22H25FN2O7S. The second-order valence-corrected chi connectivity index (χ2v) is 9.21. The Morgan fingerprint density at radius 2 is 1.76 bits per heavy atom. The summed E-state index contributed by atoms with van der Waals surface area (Å²) >= 11 is 0. The number of hydrogen-bond donors (Lipinski definition) is 1. The zero-order chi connectivity index (χ0) is 24.0.